The maximum atomic E-state index is 13.2. The van der Waals surface area contributed by atoms with E-state index in [2.05, 4.69) is 20.2 Å². The molecule has 3 aliphatic rings. The molecule has 2 aromatic rings. The molecular formula is C23H29F3N6O2S2. The van der Waals surface area contributed by atoms with Gasteiger partial charge in [-0.15, -0.1) is 0 Å². The summed E-state index contributed by atoms with van der Waals surface area (Å²) in [5.41, 5.74) is -4.02. The number of aromatic nitrogens is 4. The van der Waals surface area contributed by atoms with Crippen LogP contribution >= 0.6 is 11.8 Å². The molecular weight excluding hydrogens is 513 g/mol. The lowest BCUT2D eigenvalue weighted by molar-refractivity contribution is -0.0328. The maximum Gasteiger partial charge on any atom is 0.446 e. The Morgan fingerprint density at radius 3 is 2.42 bits per heavy atom. The van der Waals surface area contributed by atoms with Crippen molar-refractivity contribution in [3.63, 3.8) is 0 Å². The highest BCUT2D eigenvalue weighted by Gasteiger charge is 2.44. The number of rotatable bonds is 6. The third-order valence-corrected chi connectivity index (χ3v) is 9.85. The summed E-state index contributed by atoms with van der Waals surface area (Å²) in [6.07, 6.45) is 7.16. The Bertz CT molecular complexity index is 1140. The van der Waals surface area contributed by atoms with Crippen LogP contribution in [0.25, 0.3) is 0 Å². The molecule has 2 N–H and O–H groups in total. The molecule has 196 valence electrons. The van der Waals surface area contributed by atoms with Gasteiger partial charge < -0.3 is 15.3 Å². The number of alkyl halides is 3. The first-order chi connectivity index (χ1) is 17.0. The van der Waals surface area contributed by atoms with Gasteiger partial charge in [-0.2, -0.15) is 18.2 Å². The quantitative estimate of drug-likeness (QED) is 0.524. The van der Waals surface area contributed by atoms with Crippen LogP contribution < -0.4 is 10.2 Å². The van der Waals surface area contributed by atoms with E-state index < -0.39 is 26.6 Å². The van der Waals surface area contributed by atoms with Crippen LogP contribution in [-0.2, 0) is 17.2 Å². The summed E-state index contributed by atoms with van der Waals surface area (Å²) < 4.78 is 50.5. The Morgan fingerprint density at radius 1 is 1.19 bits per heavy atom. The number of aliphatic hydroxyl groups excluding tert-OH is 1. The largest absolute Gasteiger partial charge is 0.446 e. The predicted octanol–water partition coefficient (Wildman–Crippen LogP) is 4.03. The van der Waals surface area contributed by atoms with Gasteiger partial charge >= 0.3 is 5.51 Å². The van der Waals surface area contributed by atoms with E-state index in [1.165, 1.54) is 12.4 Å². The minimum absolute atomic E-state index is 0.0111. The summed E-state index contributed by atoms with van der Waals surface area (Å²) in [5.74, 6) is 1.70. The van der Waals surface area contributed by atoms with Crippen molar-refractivity contribution in [2.24, 2.45) is 0 Å². The second-order valence-electron chi connectivity index (χ2n) is 10.4. The Balaban J connectivity index is 1.33. The fourth-order valence-corrected chi connectivity index (χ4v) is 6.91. The molecule has 8 nitrogen and oxygen atoms in total. The standard InChI is InChI=1S/C23H29F3N6O2S2/c1-21(2)10-16-17(36(21)34)19(31-22(13-33)6-3-7-22)30-20(29-16)32-8-4-14(5-9-32)18-27-11-15(12-28-18)35-23(24,25)26/h11-12,14,33H,3-10,13H2,1-2H3,(H,29,30,31)/t36-/m0/s1. The molecule has 13 heteroatoms. The molecule has 1 saturated heterocycles. The Labute approximate surface area is 214 Å². The number of piperidine rings is 1. The highest BCUT2D eigenvalue weighted by molar-refractivity contribution is 8.00. The van der Waals surface area contributed by atoms with E-state index in [0.29, 0.717) is 54.8 Å². The van der Waals surface area contributed by atoms with Gasteiger partial charge in [0.15, 0.2) is 0 Å². The summed E-state index contributed by atoms with van der Waals surface area (Å²) >= 11 is -0.217. The van der Waals surface area contributed by atoms with Crippen LogP contribution in [0.3, 0.4) is 0 Å². The number of nitrogens with one attached hydrogen (secondary N) is 1. The number of hydrogen-bond acceptors (Lipinski definition) is 9. The SMILES string of the molecule is CC1(C)Cc2nc(N3CCC(c4ncc(SC(F)(F)F)cn4)CC3)nc(NC3(CO)CCC3)c2[S@@]1=O. The highest BCUT2D eigenvalue weighted by atomic mass is 32.2. The number of thioether (sulfide) groups is 1. The van der Waals surface area contributed by atoms with Crippen molar-refractivity contribution in [2.45, 2.75) is 83.9 Å². The van der Waals surface area contributed by atoms with Crippen LogP contribution in [0.1, 0.15) is 63.4 Å². The van der Waals surface area contributed by atoms with E-state index in [1.54, 1.807) is 0 Å². The summed E-state index contributed by atoms with van der Waals surface area (Å²) in [6, 6.07) is 0. The molecule has 5 rings (SSSR count). The topological polar surface area (TPSA) is 104 Å². The minimum atomic E-state index is -4.36. The molecule has 0 spiro atoms. The molecule has 1 atom stereocenters. The van der Waals surface area contributed by atoms with Crippen molar-refractivity contribution < 1.29 is 22.5 Å². The van der Waals surface area contributed by atoms with Crippen molar-refractivity contribution in [1.82, 2.24) is 19.9 Å². The average Bonchev–Trinajstić information content (AvgIpc) is 3.04. The van der Waals surface area contributed by atoms with Gasteiger partial charge in [0.05, 0.1) is 38.3 Å². The summed E-state index contributed by atoms with van der Waals surface area (Å²) in [5, 5.41) is 13.4. The van der Waals surface area contributed by atoms with E-state index in [-0.39, 0.29) is 29.2 Å². The number of nitrogens with zero attached hydrogens (tertiary/aromatic N) is 5. The maximum absolute atomic E-state index is 13.2. The molecule has 2 fully saturated rings. The Hall–Kier alpha value is -1.99. The second kappa shape index (κ2) is 9.39. The van der Waals surface area contributed by atoms with Crippen LogP contribution in [0.2, 0.25) is 0 Å². The zero-order chi connectivity index (χ0) is 25.7. The van der Waals surface area contributed by atoms with Gasteiger partial charge in [0.25, 0.3) is 0 Å². The van der Waals surface area contributed by atoms with Crippen LogP contribution in [0.4, 0.5) is 24.9 Å². The third kappa shape index (κ3) is 5.06. The van der Waals surface area contributed by atoms with Crippen molar-refractivity contribution in [2.75, 3.05) is 29.9 Å². The lowest BCUT2D eigenvalue weighted by Gasteiger charge is -2.42. The van der Waals surface area contributed by atoms with Crippen molar-refractivity contribution in [3.8, 4) is 0 Å². The van der Waals surface area contributed by atoms with E-state index in [0.717, 1.165) is 25.0 Å². The van der Waals surface area contributed by atoms with Gasteiger partial charge in [-0.3, -0.25) is 4.21 Å². The molecule has 1 saturated carbocycles. The van der Waals surface area contributed by atoms with E-state index in [4.69, 9.17) is 9.97 Å². The fourth-order valence-electron chi connectivity index (χ4n) is 5.01. The minimum Gasteiger partial charge on any atom is -0.394 e. The number of halogens is 3. The first-order valence-corrected chi connectivity index (χ1v) is 14.0. The molecule has 0 unspecified atom stereocenters. The van der Waals surface area contributed by atoms with Gasteiger partial charge in [0, 0.05) is 37.8 Å². The number of aliphatic hydroxyl groups is 1. The molecule has 0 radical (unpaired) electrons. The molecule has 0 bridgehead atoms. The summed E-state index contributed by atoms with van der Waals surface area (Å²) in [6.45, 7) is 5.20. The van der Waals surface area contributed by atoms with Gasteiger partial charge in [0.1, 0.15) is 16.5 Å². The van der Waals surface area contributed by atoms with Crippen molar-refractivity contribution >= 4 is 34.3 Å². The van der Waals surface area contributed by atoms with Gasteiger partial charge in [-0.25, -0.2) is 15.0 Å². The van der Waals surface area contributed by atoms with Gasteiger partial charge in [0.2, 0.25) is 5.95 Å². The molecule has 4 heterocycles. The number of fused-ring (bicyclic) bond motifs is 1. The van der Waals surface area contributed by atoms with Crippen LogP contribution in [0.5, 0.6) is 0 Å². The normalized spacial score (nSPS) is 23.3. The molecule has 2 aliphatic heterocycles. The number of anilines is 2. The molecule has 2 aromatic heterocycles. The monoisotopic (exact) mass is 542 g/mol. The van der Waals surface area contributed by atoms with Gasteiger partial charge in [-0.1, -0.05) is 0 Å². The van der Waals surface area contributed by atoms with E-state index >= 15 is 0 Å². The molecule has 0 aromatic carbocycles. The molecule has 1 aliphatic carbocycles. The van der Waals surface area contributed by atoms with E-state index in [1.807, 2.05) is 13.8 Å². The predicted molar refractivity (Wildman–Crippen MR) is 132 cm³/mol. The Morgan fingerprint density at radius 2 is 1.86 bits per heavy atom. The van der Waals surface area contributed by atoms with Crippen molar-refractivity contribution in [1.29, 1.82) is 0 Å². The highest BCUT2D eigenvalue weighted by Crippen LogP contribution is 2.43. The first kappa shape index (κ1) is 25.7. The summed E-state index contributed by atoms with van der Waals surface area (Å²) in [4.78, 5) is 20.7. The zero-order valence-electron chi connectivity index (χ0n) is 20.1. The Kier molecular flexibility index (Phi) is 6.69. The first-order valence-electron chi connectivity index (χ1n) is 12.0. The van der Waals surface area contributed by atoms with Crippen molar-refractivity contribution in [3.05, 3.63) is 23.9 Å². The van der Waals surface area contributed by atoms with Crippen LogP contribution in [0.15, 0.2) is 22.2 Å². The van der Waals surface area contributed by atoms with E-state index in [9.17, 15) is 22.5 Å². The second-order valence-corrected chi connectivity index (χ2v) is 13.5. The molecule has 36 heavy (non-hydrogen) atoms. The summed E-state index contributed by atoms with van der Waals surface area (Å²) in [7, 11) is -1.26. The zero-order valence-corrected chi connectivity index (χ0v) is 21.8. The smallest absolute Gasteiger partial charge is 0.394 e. The van der Waals surface area contributed by atoms with Gasteiger partial charge in [-0.05, 0) is 57.7 Å². The average molecular weight is 543 g/mol. The lowest BCUT2D eigenvalue weighted by Crippen LogP contribution is -2.49. The van der Waals surface area contributed by atoms with Crippen LogP contribution in [-0.4, -0.2) is 64.7 Å². The fraction of sp³-hybridized carbons (Fsp3) is 0.652. The third-order valence-electron chi connectivity index (χ3n) is 7.23. The number of hydrogen-bond donors (Lipinski definition) is 2. The molecule has 0 amide bonds. The van der Waals surface area contributed by atoms with Crippen LogP contribution in [0, 0.1) is 0 Å². The lowest BCUT2D eigenvalue weighted by atomic mass is 9.77.